The lowest BCUT2D eigenvalue weighted by Gasteiger charge is -2.35. The smallest absolute Gasteiger partial charge is 0.243 e. The number of rotatable bonds is 4. The third-order valence-corrected chi connectivity index (χ3v) is 7.19. The van der Waals surface area contributed by atoms with Crippen LogP contribution in [-0.2, 0) is 27.7 Å². The van der Waals surface area contributed by atoms with Crippen LogP contribution < -0.4 is 0 Å². The highest BCUT2D eigenvalue weighted by Gasteiger charge is 2.31. The minimum atomic E-state index is -3.46. The number of carbonyl (C=O) groups excluding carboxylic acids is 1. The summed E-state index contributed by atoms with van der Waals surface area (Å²) in [5.41, 5.74) is 2.44. The van der Waals surface area contributed by atoms with E-state index in [4.69, 9.17) is 0 Å². The summed E-state index contributed by atoms with van der Waals surface area (Å²) >= 11 is 0. The Morgan fingerprint density at radius 2 is 1.79 bits per heavy atom. The van der Waals surface area contributed by atoms with E-state index in [0.717, 1.165) is 25.7 Å². The second-order valence-corrected chi connectivity index (χ2v) is 8.76. The predicted molar refractivity (Wildman–Crippen MR) is 93.3 cm³/mol. The Morgan fingerprint density at radius 3 is 2.46 bits per heavy atom. The number of piperazine rings is 1. The predicted octanol–water partition coefficient (Wildman–Crippen LogP) is 2.05. The normalized spacial score (nSPS) is 20.0. The fourth-order valence-corrected chi connectivity index (χ4v) is 4.97. The van der Waals surface area contributed by atoms with E-state index < -0.39 is 10.0 Å². The Kier molecular flexibility index (Phi) is 4.97. The van der Waals surface area contributed by atoms with Gasteiger partial charge in [-0.1, -0.05) is 19.9 Å². The van der Waals surface area contributed by atoms with E-state index in [2.05, 4.69) is 0 Å². The Morgan fingerprint density at radius 1 is 1.12 bits per heavy atom. The molecule has 2 aliphatic rings. The van der Waals surface area contributed by atoms with Crippen molar-refractivity contribution < 1.29 is 13.2 Å². The van der Waals surface area contributed by atoms with Gasteiger partial charge in [0.2, 0.25) is 15.9 Å². The van der Waals surface area contributed by atoms with Gasteiger partial charge in [-0.15, -0.1) is 0 Å². The SMILES string of the molecule is CCC(C)C(=O)N1CCN(S(=O)(=O)c2ccc3c(c2)CCC3)CC1. The molecule has 0 spiro atoms. The lowest BCUT2D eigenvalue weighted by atomic mass is 10.1. The summed E-state index contributed by atoms with van der Waals surface area (Å²) in [6.07, 6.45) is 3.93. The average Bonchev–Trinajstić information content (AvgIpc) is 3.08. The molecule has 1 aliphatic carbocycles. The van der Waals surface area contributed by atoms with Crippen molar-refractivity contribution in [2.24, 2.45) is 5.92 Å². The van der Waals surface area contributed by atoms with E-state index in [1.807, 2.05) is 26.0 Å². The van der Waals surface area contributed by atoms with Crippen LogP contribution in [0, 0.1) is 5.92 Å². The number of hydrogen-bond donors (Lipinski definition) is 0. The first-order valence-electron chi connectivity index (χ1n) is 8.84. The number of fused-ring (bicyclic) bond motifs is 1. The molecule has 1 aromatic carbocycles. The Labute approximate surface area is 144 Å². The van der Waals surface area contributed by atoms with E-state index in [1.165, 1.54) is 15.4 Å². The number of aryl methyl sites for hydroxylation is 2. The van der Waals surface area contributed by atoms with Gasteiger partial charge in [0, 0.05) is 32.1 Å². The molecular weight excluding hydrogens is 324 g/mol. The second-order valence-electron chi connectivity index (χ2n) is 6.82. The third-order valence-electron chi connectivity index (χ3n) is 5.29. The largest absolute Gasteiger partial charge is 0.340 e. The maximum Gasteiger partial charge on any atom is 0.243 e. The van der Waals surface area contributed by atoms with Gasteiger partial charge in [-0.05, 0) is 48.9 Å². The molecule has 132 valence electrons. The maximum atomic E-state index is 12.9. The first-order chi connectivity index (χ1) is 11.4. The van der Waals surface area contributed by atoms with Crippen LogP contribution in [0.4, 0.5) is 0 Å². The van der Waals surface area contributed by atoms with Crippen molar-refractivity contribution in [2.75, 3.05) is 26.2 Å². The molecular formula is C18H26N2O3S. The van der Waals surface area contributed by atoms with Crippen molar-refractivity contribution in [3.05, 3.63) is 29.3 Å². The van der Waals surface area contributed by atoms with Crippen LogP contribution >= 0.6 is 0 Å². The third kappa shape index (κ3) is 3.22. The van der Waals surface area contributed by atoms with Crippen molar-refractivity contribution in [1.82, 2.24) is 9.21 Å². The van der Waals surface area contributed by atoms with Gasteiger partial charge < -0.3 is 4.90 Å². The lowest BCUT2D eigenvalue weighted by Crippen LogP contribution is -2.51. The minimum absolute atomic E-state index is 0.00451. The summed E-state index contributed by atoms with van der Waals surface area (Å²) < 4.78 is 27.3. The van der Waals surface area contributed by atoms with Gasteiger partial charge >= 0.3 is 0 Å². The molecule has 0 aromatic heterocycles. The summed E-state index contributed by atoms with van der Waals surface area (Å²) in [7, 11) is -3.46. The standard InChI is InChI=1S/C18H26N2O3S/c1-3-14(2)18(21)19-9-11-20(12-10-19)24(22,23)17-8-7-15-5-4-6-16(15)13-17/h7-8,13-14H,3-6,9-12H2,1-2H3. The number of hydrogen-bond acceptors (Lipinski definition) is 3. The summed E-state index contributed by atoms with van der Waals surface area (Å²) in [5, 5.41) is 0. The first kappa shape index (κ1) is 17.4. The highest BCUT2D eigenvalue weighted by Crippen LogP contribution is 2.26. The number of amides is 1. The molecule has 3 rings (SSSR count). The molecule has 1 aromatic rings. The fourth-order valence-electron chi connectivity index (χ4n) is 3.49. The number of benzene rings is 1. The summed E-state index contributed by atoms with van der Waals surface area (Å²) in [6.45, 7) is 5.64. The van der Waals surface area contributed by atoms with Gasteiger partial charge in [-0.2, -0.15) is 4.31 Å². The van der Waals surface area contributed by atoms with Crippen molar-refractivity contribution in [3.8, 4) is 0 Å². The zero-order valence-corrected chi connectivity index (χ0v) is 15.3. The van der Waals surface area contributed by atoms with Crippen LogP contribution in [0.3, 0.4) is 0 Å². The highest BCUT2D eigenvalue weighted by molar-refractivity contribution is 7.89. The van der Waals surface area contributed by atoms with Crippen molar-refractivity contribution >= 4 is 15.9 Å². The molecule has 6 heteroatoms. The van der Waals surface area contributed by atoms with Gasteiger partial charge in [0.05, 0.1) is 4.90 Å². The van der Waals surface area contributed by atoms with Crippen LogP contribution in [0.15, 0.2) is 23.1 Å². The Hall–Kier alpha value is -1.40. The zero-order chi connectivity index (χ0) is 17.3. The lowest BCUT2D eigenvalue weighted by molar-refractivity contribution is -0.136. The van der Waals surface area contributed by atoms with Gasteiger partial charge in [0.15, 0.2) is 0 Å². The van der Waals surface area contributed by atoms with E-state index >= 15 is 0 Å². The van der Waals surface area contributed by atoms with Gasteiger partial charge in [0.25, 0.3) is 0 Å². The number of carbonyl (C=O) groups is 1. The van der Waals surface area contributed by atoms with Crippen molar-refractivity contribution in [1.29, 1.82) is 0 Å². The molecule has 0 radical (unpaired) electrons. The molecule has 0 saturated carbocycles. The van der Waals surface area contributed by atoms with E-state index in [0.29, 0.717) is 31.1 Å². The Balaban J connectivity index is 1.70. The summed E-state index contributed by atoms with van der Waals surface area (Å²) in [4.78, 5) is 14.4. The van der Waals surface area contributed by atoms with Gasteiger partial charge in [0.1, 0.15) is 0 Å². The summed E-state index contributed by atoms with van der Waals surface area (Å²) in [6, 6.07) is 5.53. The molecule has 1 fully saturated rings. The minimum Gasteiger partial charge on any atom is -0.340 e. The molecule has 1 unspecified atom stereocenters. The van der Waals surface area contributed by atoms with Crippen LogP contribution in [0.2, 0.25) is 0 Å². The van der Waals surface area contributed by atoms with Gasteiger partial charge in [-0.3, -0.25) is 4.79 Å². The molecule has 5 nitrogen and oxygen atoms in total. The molecule has 1 atom stereocenters. The van der Waals surface area contributed by atoms with Crippen LogP contribution in [0.25, 0.3) is 0 Å². The zero-order valence-electron chi connectivity index (χ0n) is 14.5. The van der Waals surface area contributed by atoms with Gasteiger partial charge in [-0.25, -0.2) is 8.42 Å². The topological polar surface area (TPSA) is 57.7 Å². The quantitative estimate of drug-likeness (QED) is 0.835. The molecule has 0 N–H and O–H groups in total. The molecule has 0 bridgehead atoms. The van der Waals surface area contributed by atoms with Crippen LogP contribution in [0.5, 0.6) is 0 Å². The van der Waals surface area contributed by atoms with E-state index in [1.54, 1.807) is 11.0 Å². The average molecular weight is 350 g/mol. The van der Waals surface area contributed by atoms with Crippen LogP contribution in [0.1, 0.15) is 37.8 Å². The summed E-state index contributed by atoms with van der Waals surface area (Å²) in [5.74, 6) is 0.136. The number of nitrogens with zero attached hydrogens (tertiary/aromatic N) is 2. The van der Waals surface area contributed by atoms with Crippen LogP contribution in [-0.4, -0.2) is 49.7 Å². The number of sulfonamides is 1. The molecule has 1 amide bonds. The van der Waals surface area contributed by atoms with E-state index in [-0.39, 0.29) is 11.8 Å². The monoisotopic (exact) mass is 350 g/mol. The molecule has 1 heterocycles. The molecule has 1 aliphatic heterocycles. The maximum absolute atomic E-state index is 12.9. The van der Waals surface area contributed by atoms with Crippen molar-refractivity contribution in [3.63, 3.8) is 0 Å². The molecule has 24 heavy (non-hydrogen) atoms. The van der Waals surface area contributed by atoms with Crippen molar-refractivity contribution in [2.45, 2.75) is 44.4 Å². The highest BCUT2D eigenvalue weighted by atomic mass is 32.2. The fraction of sp³-hybridized carbons (Fsp3) is 0.611. The second kappa shape index (κ2) is 6.84. The van der Waals surface area contributed by atoms with E-state index in [9.17, 15) is 13.2 Å². The Bertz CT molecular complexity index is 722. The first-order valence-corrected chi connectivity index (χ1v) is 10.3. The molecule has 1 saturated heterocycles.